The summed E-state index contributed by atoms with van der Waals surface area (Å²) >= 11 is 0. The van der Waals surface area contributed by atoms with E-state index in [4.69, 9.17) is 0 Å². The molecule has 0 aliphatic rings. The molecule has 0 aliphatic heterocycles. The van der Waals surface area contributed by atoms with Crippen molar-refractivity contribution in [1.82, 2.24) is 0 Å². The van der Waals surface area contributed by atoms with Gasteiger partial charge in [-0.25, -0.2) is 0 Å². The molecule has 3 heteroatoms. The van der Waals surface area contributed by atoms with Gasteiger partial charge in [0.25, 0.3) is 0 Å². The van der Waals surface area contributed by atoms with E-state index in [0.717, 1.165) is 0 Å². The van der Waals surface area contributed by atoms with Crippen LogP contribution < -0.4 is 5.11 Å². The Balaban J connectivity index is 3.79. The second-order valence-corrected chi connectivity index (χ2v) is 1.77. The molecule has 0 saturated carbocycles. The van der Waals surface area contributed by atoms with Crippen LogP contribution >= 0.6 is 0 Å². The zero-order valence-electron chi connectivity index (χ0n) is 5.14. The lowest BCUT2D eigenvalue weighted by Crippen LogP contribution is -2.24. The number of carbonyl (C=O) groups is 2. The topological polar surface area (TPSA) is 57.2 Å². The van der Waals surface area contributed by atoms with Crippen molar-refractivity contribution in [3.8, 4) is 0 Å². The number of hydrogen-bond acceptors (Lipinski definition) is 3. The van der Waals surface area contributed by atoms with E-state index in [0.29, 0.717) is 0 Å². The summed E-state index contributed by atoms with van der Waals surface area (Å²) in [5.74, 6) is -1.57. The van der Waals surface area contributed by atoms with Crippen LogP contribution in [0, 0.1) is 0 Å². The normalized spacial score (nSPS) is 8.56. The van der Waals surface area contributed by atoms with Crippen molar-refractivity contribution in [3.05, 3.63) is 12.2 Å². The number of carboxylic acids is 1. The SMILES string of the molecule is C=C(CC(C)=O)C(=O)[O-]. The van der Waals surface area contributed by atoms with Crippen LogP contribution in [0.2, 0.25) is 0 Å². The van der Waals surface area contributed by atoms with Gasteiger partial charge in [0.05, 0.1) is 5.97 Å². The molecule has 0 spiro atoms. The molecule has 0 aromatic carbocycles. The van der Waals surface area contributed by atoms with Gasteiger partial charge in [-0.2, -0.15) is 0 Å². The molecule has 0 rings (SSSR count). The van der Waals surface area contributed by atoms with E-state index in [1.165, 1.54) is 6.92 Å². The zero-order valence-corrected chi connectivity index (χ0v) is 5.14. The minimum atomic E-state index is -1.36. The predicted molar refractivity (Wildman–Crippen MR) is 29.4 cm³/mol. The average Bonchev–Trinajstić information content (AvgIpc) is 1.63. The molecule has 50 valence electrons. The maximum Gasteiger partial charge on any atom is 0.134 e. The molecule has 9 heavy (non-hydrogen) atoms. The molecule has 0 heterocycles. The molecule has 0 aliphatic carbocycles. The van der Waals surface area contributed by atoms with E-state index in [-0.39, 0.29) is 17.8 Å². The molecule has 0 N–H and O–H groups in total. The van der Waals surface area contributed by atoms with E-state index in [1.54, 1.807) is 0 Å². The van der Waals surface area contributed by atoms with Crippen molar-refractivity contribution in [2.24, 2.45) is 0 Å². The van der Waals surface area contributed by atoms with Crippen LogP contribution in [-0.4, -0.2) is 11.8 Å². The van der Waals surface area contributed by atoms with Gasteiger partial charge in [0.15, 0.2) is 0 Å². The summed E-state index contributed by atoms with van der Waals surface area (Å²) in [6.45, 7) is 4.41. The lowest BCUT2D eigenvalue weighted by molar-refractivity contribution is -0.299. The van der Waals surface area contributed by atoms with Gasteiger partial charge in [-0.15, -0.1) is 0 Å². The molecule has 0 unspecified atom stereocenters. The highest BCUT2D eigenvalue weighted by molar-refractivity contribution is 5.92. The first-order chi connectivity index (χ1) is 4.04. The Morgan fingerprint density at radius 3 is 2.11 bits per heavy atom. The maximum absolute atomic E-state index is 10.2. The first-order valence-corrected chi connectivity index (χ1v) is 2.42. The number of carbonyl (C=O) groups excluding carboxylic acids is 2. The maximum atomic E-state index is 10.2. The molecule has 0 fully saturated rings. The molecule has 0 radical (unpaired) electrons. The molecule has 0 atom stereocenters. The number of ketones is 1. The summed E-state index contributed by atoms with van der Waals surface area (Å²) < 4.78 is 0. The smallest absolute Gasteiger partial charge is 0.134 e. The van der Waals surface area contributed by atoms with Crippen molar-refractivity contribution in [1.29, 1.82) is 0 Å². The molecular weight excluding hydrogens is 120 g/mol. The molecule has 0 amide bonds. The van der Waals surface area contributed by atoms with E-state index in [2.05, 4.69) is 6.58 Å². The second-order valence-electron chi connectivity index (χ2n) is 1.77. The van der Waals surface area contributed by atoms with Crippen LogP contribution in [0.5, 0.6) is 0 Å². The molecule has 0 aromatic heterocycles. The van der Waals surface area contributed by atoms with Crippen LogP contribution in [0.15, 0.2) is 12.2 Å². The number of Topliss-reactive ketones (excluding diaryl/α,β-unsaturated/α-hetero) is 1. The van der Waals surface area contributed by atoms with Gasteiger partial charge < -0.3 is 9.90 Å². The van der Waals surface area contributed by atoms with E-state index < -0.39 is 5.97 Å². The van der Waals surface area contributed by atoms with Crippen LogP contribution in [0.3, 0.4) is 0 Å². The van der Waals surface area contributed by atoms with Gasteiger partial charge in [0.2, 0.25) is 0 Å². The fourth-order valence-corrected chi connectivity index (χ4v) is 0.373. The van der Waals surface area contributed by atoms with Crippen LogP contribution in [0.25, 0.3) is 0 Å². The largest absolute Gasteiger partial charge is 0.545 e. The van der Waals surface area contributed by atoms with Gasteiger partial charge in [-0.3, -0.25) is 4.79 Å². The Hall–Kier alpha value is -1.12. The fraction of sp³-hybridized carbons (Fsp3) is 0.333. The summed E-state index contributed by atoms with van der Waals surface area (Å²) in [4.78, 5) is 20.1. The highest BCUT2D eigenvalue weighted by Gasteiger charge is 1.97. The Bertz CT molecular complexity index is 158. The van der Waals surface area contributed by atoms with Crippen molar-refractivity contribution in [2.75, 3.05) is 0 Å². The third-order valence-electron chi connectivity index (χ3n) is 0.751. The molecule has 0 saturated heterocycles. The average molecular weight is 127 g/mol. The summed E-state index contributed by atoms with van der Waals surface area (Å²) in [6.07, 6.45) is -0.123. The molecule has 0 aromatic rings. The molecule has 0 bridgehead atoms. The van der Waals surface area contributed by atoms with Crippen LogP contribution in [-0.2, 0) is 9.59 Å². The third kappa shape index (κ3) is 3.46. The molecular formula is C6H7O3-. The van der Waals surface area contributed by atoms with Crippen LogP contribution in [0.1, 0.15) is 13.3 Å². The van der Waals surface area contributed by atoms with Crippen molar-refractivity contribution >= 4 is 11.8 Å². The standard InChI is InChI=1S/C6H8O3/c1-4(6(8)9)3-5(2)7/h1,3H2,2H3,(H,8,9)/p-1. The number of hydrogen-bond donors (Lipinski definition) is 0. The van der Waals surface area contributed by atoms with Gasteiger partial charge in [0, 0.05) is 6.42 Å². The second kappa shape index (κ2) is 3.02. The summed E-state index contributed by atoms with van der Waals surface area (Å²) in [5, 5.41) is 9.87. The van der Waals surface area contributed by atoms with E-state index in [1.807, 2.05) is 0 Å². The van der Waals surface area contributed by atoms with E-state index >= 15 is 0 Å². The monoisotopic (exact) mass is 127 g/mol. The van der Waals surface area contributed by atoms with Gasteiger partial charge in [-0.05, 0) is 12.5 Å². The number of aliphatic carboxylic acids is 1. The molecule has 3 nitrogen and oxygen atoms in total. The Morgan fingerprint density at radius 1 is 1.56 bits per heavy atom. The van der Waals surface area contributed by atoms with Gasteiger partial charge in [0.1, 0.15) is 5.78 Å². The van der Waals surface area contributed by atoms with Crippen molar-refractivity contribution < 1.29 is 14.7 Å². The summed E-state index contributed by atoms with van der Waals surface area (Å²) in [7, 11) is 0. The van der Waals surface area contributed by atoms with Gasteiger partial charge >= 0.3 is 0 Å². The van der Waals surface area contributed by atoms with Crippen LogP contribution in [0.4, 0.5) is 0 Å². The highest BCUT2D eigenvalue weighted by Crippen LogP contribution is 1.95. The summed E-state index contributed by atoms with van der Waals surface area (Å²) in [5.41, 5.74) is -0.164. The fourth-order valence-electron chi connectivity index (χ4n) is 0.373. The number of rotatable bonds is 3. The lowest BCUT2D eigenvalue weighted by atomic mass is 10.2. The Labute approximate surface area is 53.0 Å². The number of carboxylic acid groups (broad SMARTS) is 1. The first kappa shape index (κ1) is 7.88. The minimum absolute atomic E-state index is 0.123. The lowest BCUT2D eigenvalue weighted by Gasteiger charge is -2.01. The van der Waals surface area contributed by atoms with Crippen molar-refractivity contribution in [2.45, 2.75) is 13.3 Å². The van der Waals surface area contributed by atoms with Gasteiger partial charge in [-0.1, -0.05) is 6.58 Å². The summed E-state index contributed by atoms with van der Waals surface area (Å²) in [6, 6.07) is 0. The first-order valence-electron chi connectivity index (χ1n) is 2.42. The minimum Gasteiger partial charge on any atom is -0.545 e. The Kier molecular flexibility index (Phi) is 2.64. The third-order valence-corrected chi connectivity index (χ3v) is 0.751. The zero-order chi connectivity index (χ0) is 7.44. The predicted octanol–water partition coefficient (Wildman–Crippen LogP) is -0.728. The quantitative estimate of drug-likeness (QED) is 0.470. The highest BCUT2D eigenvalue weighted by atomic mass is 16.4. The van der Waals surface area contributed by atoms with E-state index in [9.17, 15) is 14.7 Å². The Morgan fingerprint density at radius 2 is 2.00 bits per heavy atom. The van der Waals surface area contributed by atoms with Crippen molar-refractivity contribution in [3.63, 3.8) is 0 Å².